The van der Waals surface area contributed by atoms with Gasteiger partial charge in [-0.3, -0.25) is 14.0 Å². The molecule has 3 aromatic rings. The van der Waals surface area contributed by atoms with Crippen LogP contribution in [0.5, 0.6) is 0 Å². The van der Waals surface area contributed by atoms with Crippen LogP contribution in [-0.2, 0) is 17.1 Å². The molecule has 0 bridgehead atoms. The Bertz CT molecular complexity index is 903. The molecule has 0 radical (unpaired) electrons. The van der Waals surface area contributed by atoms with Crippen molar-refractivity contribution in [1.82, 2.24) is 14.7 Å². The standard InChI is InChI=1S/C17H17N3O2S2/c1-12-9-24-17-19-14(7-16(22)20(12)17)10-23-11-15(21)18-8-13-5-3-2-4-6-13/h2-7,9H,8,10-11H2,1H3,(H,18,21). The number of nitrogens with zero attached hydrogens (tertiary/aromatic N) is 2. The molecular formula is C17H17N3O2S2. The van der Waals surface area contributed by atoms with Crippen LogP contribution in [0.2, 0.25) is 0 Å². The second-order valence-corrected chi connectivity index (χ2v) is 7.16. The van der Waals surface area contributed by atoms with Crippen molar-refractivity contribution in [2.75, 3.05) is 5.75 Å². The predicted molar refractivity (Wildman–Crippen MR) is 98.5 cm³/mol. The minimum atomic E-state index is -0.0668. The summed E-state index contributed by atoms with van der Waals surface area (Å²) in [6.07, 6.45) is 0. The summed E-state index contributed by atoms with van der Waals surface area (Å²) in [5.74, 6) is 0.868. The first kappa shape index (κ1) is 16.7. The molecule has 0 spiro atoms. The van der Waals surface area contributed by atoms with E-state index in [0.717, 1.165) is 11.3 Å². The number of thiazole rings is 1. The Morgan fingerprint density at radius 1 is 1.33 bits per heavy atom. The van der Waals surface area contributed by atoms with Gasteiger partial charge in [0.1, 0.15) is 0 Å². The number of aryl methyl sites for hydroxylation is 1. The molecule has 0 saturated carbocycles. The number of carbonyl (C=O) groups excluding carboxylic acids is 1. The number of hydrogen-bond acceptors (Lipinski definition) is 5. The lowest BCUT2D eigenvalue weighted by Crippen LogP contribution is -2.24. The van der Waals surface area contributed by atoms with Gasteiger partial charge in [-0.15, -0.1) is 23.1 Å². The third kappa shape index (κ3) is 4.04. The predicted octanol–water partition coefficient (Wildman–Crippen LogP) is 2.61. The number of benzene rings is 1. The van der Waals surface area contributed by atoms with Gasteiger partial charge in [-0.25, -0.2) is 4.98 Å². The lowest BCUT2D eigenvalue weighted by atomic mass is 10.2. The van der Waals surface area contributed by atoms with Crippen molar-refractivity contribution >= 4 is 34.0 Å². The molecule has 1 aromatic carbocycles. The monoisotopic (exact) mass is 359 g/mol. The molecule has 7 heteroatoms. The topological polar surface area (TPSA) is 63.5 Å². The van der Waals surface area contributed by atoms with Gasteiger partial charge in [0, 0.05) is 29.4 Å². The van der Waals surface area contributed by atoms with Gasteiger partial charge < -0.3 is 5.32 Å². The second kappa shape index (κ2) is 7.63. The minimum Gasteiger partial charge on any atom is -0.351 e. The normalized spacial score (nSPS) is 10.9. The van der Waals surface area contributed by atoms with Crippen molar-refractivity contribution in [2.24, 2.45) is 0 Å². The summed E-state index contributed by atoms with van der Waals surface area (Å²) in [4.78, 5) is 29.1. The van der Waals surface area contributed by atoms with E-state index in [2.05, 4.69) is 10.3 Å². The SMILES string of the molecule is Cc1csc2nc(CSCC(=O)NCc3ccccc3)cc(=O)n12. The first-order valence-electron chi connectivity index (χ1n) is 7.48. The van der Waals surface area contributed by atoms with E-state index >= 15 is 0 Å². The van der Waals surface area contributed by atoms with Crippen LogP contribution < -0.4 is 10.9 Å². The van der Waals surface area contributed by atoms with Crippen LogP contribution in [0.1, 0.15) is 17.0 Å². The van der Waals surface area contributed by atoms with Gasteiger partial charge in [0.2, 0.25) is 5.91 Å². The number of nitrogens with one attached hydrogen (secondary N) is 1. The summed E-state index contributed by atoms with van der Waals surface area (Å²) < 4.78 is 1.60. The number of rotatable bonds is 6. The minimum absolute atomic E-state index is 0.0198. The van der Waals surface area contributed by atoms with Crippen molar-refractivity contribution in [3.63, 3.8) is 0 Å². The number of aromatic nitrogens is 2. The Morgan fingerprint density at radius 3 is 2.92 bits per heavy atom. The molecular weight excluding hydrogens is 342 g/mol. The molecule has 24 heavy (non-hydrogen) atoms. The van der Waals surface area contributed by atoms with Crippen LogP contribution in [0.4, 0.5) is 0 Å². The molecule has 1 amide bonds. The van der Waals surface area contributed by atoms with E-state index in [9.17, 15) is 9.59 Å². The molecule has 3 rings (SSSR count). The van der Waals surface area contributed by atoms with Gasteiger partial charge in [0.25, 0.3) is 5.56 Å². The second-order valence-electron chi connectivity index (χ2n) is 5.34. The molecule has 0 aliphatic heterocycles. The highest BCUT2D eigenvalue weighted by Gasteiger charge is 2.08. The Morgan fingerprint density at radius 2 is 2.12 bits per heavy atom. The van der Waals surface area contributed by atoms with E-state index < -0.39 is 0 Å². The molecule has 0 unspecified atom stereocenters. The zero-order valence-electron chi connectivity index (χ0n) is 13.2. The van der Waals surface area contributed by atoms with E-state index in [1.807, 2.05) is 42.6 Å². The van der Waals surface area contributed by atoms with Crippen molar-refractivity contribution in [2.45, 2.75) is 19.2 Å². The number of thioether (sulfide) groups is 1. The lowest BCUT2D eigenvalue weighted by Gasteiger charge is -2.05. The van der Waals surface area contributed by atoms with Gasteiger partial charge in [-0.05, 0) is 12.5 Å². The largest absolute Gasteiger partial charge is 0.351 e. The fourth-order valence-electron chi connectivity index (χ4n) is 2.27. The fourth-order valence-corrected chi connectivity index (χ4v) is 3.91. The quantitative estimate of drug-likeness (QED) is 0.735. The maximum Gasteiger partial charge on any atom is 0.258 e. The van der Waals surface area contributed by atoms with Crippen LogP contribution in [0.3, 0.4) is 0 Å². The molecule has 0 aliphatic rings. The zero-order chi connectivity index (χ0) is 16.9. The van der Waals surface area contributed by atoms with Gasteiger partial charge in [0.15, 0.2) is 4.96 Å². The molecule has 0 atom stereocenters. The molecule has 5 nitrogen and oxygen atoms in total. The third-order valence-electron chi connectivity index (χ3n) is 3.44. The molecule has 0 saturated heterocycles. The average molecular weight is 359 g/mol. The molecule has 0 aliphatic carbocycles. The highest BCUT2D eigenvalue weighted by atomic mass is 32.2. The summed E-state index contributed by atoms with van der Waals surface area (Å²) in [5.41, 5.74) is 2.61. The molecule has 2 aromatic heterocycles. The summed E-state index contributed by atoms with van der Waals surface area (Å²) in [7, 11) is 0. The van der Waals surface area contributed by atoms with Crippen molar-refractivity contribution in [1.29, 1.82) is 0 Å². The van der Waals surface area contributed by atoms with Crippen LogP contribution in [0.15, 0.2) is 46.6 Å². The maximum absolute atomic E-state index is 12.1. The first-order valence-corrected chi connectivity index (χ1v) is 9.52. The zero-order valence-corrected chi connectivity index (χ0v) is 14.8. The highest BCUT2D eigenvalue weighted by molar-refractivity contribution is 7.99. The Labute approximate surface area is 147 Å². The molecule has 2 heterocycles. The maximum atomic E-state index is 12.1. The Kier molecular flexibility index (Phi) is 5.32. The van der Waals surface area contributed by atoms with Crippen molar-refractivity contribution in [3.05, 3.63) is 69.1 Å². The molecule has 0 fully saturated rings. The molecule has 1 N–H and O–H groups in total. The summed E-state index contributed by atoms with van der Waals surface area (Å²) >= 11 is 2.91. The highest BCUT2D eigenvalue weighted by Crippen LogP contribution is 2.14. The number of amides is 1. The third-order valence-corrected chi connectivity index (χ3v) is 5.35. The van der Waals surface area contributed by atoms with Gasteiger partial charge >= 0.3 is 0 Å². The lowest BCUT2D eigenvalue weighted by molar-refractivity contribution is -0.118. The number of fused-ring (bicyclic) bond motifs is 1. The van der Waals surface area contributed by atoms with E-state index in [1.165, 1.54) is 23.1 Å². The van der Waals surface area contributed by atoms with Crippen LogP contribution in [0, 0.1) is 6.92 Å². The first-order chi connectivity index (χ1) is 11.6. The number of hydrogen-bond donors (Lipinski definition) is 1. The Balaban J connectivity index is 1.51. The van der Waals surface area contributed by atoms with E-state index in [0.29, 0.717) is 28.7 Å². The Hall–Kier alpha value is -2.12. The summed E-state index contributed by atoms with van der Waals surface area (Å²) in [6.45, 7) is 2.42. The molecule has 124 valence electrons. The van der Waals surface area contributed by atoms with E-state index in [-0.39, 0.29) is 11.5 Å². The summed E-state index contributed by atoms with van der Waals surface area (Å²) in [5, 5.41) is 4.80. The van der Waals surface area contributed by atoms with E-state index in [1.54, 1.807) is 10.5 Å². The van der Waals surface area contributed by atoms with Crippen molar-refractivity contribution in [3.8, 4) is 0 Å². The summed E-state index contributed by atoms with van der Waals surface area (Å²) in [6, 6.07) is 11.3. The number of carbonyl (C=O) groups is 1. The van der Waals surface area contributed by atoms with Crippen LogP contribution >= 0.6 is 23.1 Å². The van der Waals surface area contributed by atoms with E-state index in [4.69, 9.17) is 0 Å². The smallest absolute Gasteiger partial charge is 0.258 e. The average Bonchev–Trinajstić information content (AvgIpc) is 2.95. The van der Waals surface area contributed by atoms with Crippen molar-refractivity contribution < 1.29 is 4.79 Å². The van der Waals surface area contributed by atoms with Gasteiger partial charge in [0.05, 0.1) is 11.4 Å². The van der Waals surface area contributed by atoms with Crippen LogP contribution in [-0.4, -0.2) is 21.0 Å². The van der Waals surface area contributed by atoms with Gasteiger partial charge in [-0.1, -0.05) is 30.3 Å². The fraction of sp³-hybridized carbons (Fsp3) is 0.235. The van der Waals surface area contributed by atoms with Gasteiger partial charge in [-0.2, -0.15) is 0 Å². The van der Waals surface area contributed by atoms with Crippen LogP contribution in [0.25, 0.3) is 4.96 Å².